The zero-order chi connectivity index (χ0) is 13.5. The molecular formula is C15H15ClN2O. The Bertz CT molecular complexity index is 570. The molecule has 0 heterocycles. The molecule has 0 unspecified atom stereocenters. The predicted octanol–water partition coefficient (Wildman–Crippen LogP) is 3.47. The van der Waals surface area contributed by atoms with Crippen molar-refractivity contribution in [1.82, 2.24) is 5.43 Å². The molecule has 98 valence electrons. The Morgan fingerprint density at radius 1 is 1.16 bits per heavy atom. The van der Waals surface area contributed by atoms with Crippen LogP contribution in [-0.2, 0) is 6.54 Å². The van der Waals surface area contributed by atoms with Crippen LogP contribution in [0.5, 0.6) is 5.75 Å². The molecule has 0 aromatic heterocycles. The Morgan fingerprint density at radius 3 is 2.68 bits per heavy atom. The molecule has 0 bridgehead atoms. The molecule has 0 radical (unpaired) electrons. The zero-order valence-electron chi connectivity index (χ0n) is 10.6. The van der Waals surface area contributed by atoms with Crippen LogP contribution in [0.25, 0.3) is 0 Å². The van der Waals surface area contributed by atoms with E-state index >= 15 is 0 Å². The number of hydrazone groups is 1. The van der Waals surface area contributed by atoms with E-state index in [1.165, 1.54) is 0 Å². The molecule has 0 saturated carbocycles. The lowest BCUT2D eigenvalue weighted by Gasteiger charge is -2.07. The molecule has 0 aliphatic rings. The highest BCUT2D eigenvalue weighted by molar-refractivity contribution is 6.33. The minimum absolute atomic E-state index is 0.602. The third-order valence-electron chi connectivity index (χ3n) is 2.66. The van der Waals surface area contributed by atoms with Crippen LogP contribution >= 0.6 is 11.6 Å². The Labute approximate surface area is 117 Å². The van der Waals surface area contributed by atoms with E-state index in [9.17, 15) is 0 Å². The summed E-state index contributed by atoms with van der Waals surface area (Å²) in [5.41, 5.74) is 4.93. The Balaban J connectivity index is 1.95. The summed E-state index contributed by atoms with van der Waals surface area (Å²) < 4.78 is 5.27. The van der Waals surface area contributed by atoms with Crippen LogP contribution in [-0.4, -0.2) is 13.3 Å². The van der Waals surface area contributed by atoms with Gasteiger partial charge in [-0.3, -0.25) is 0 Å². The normalized spacial score (nSPS) is 10.6. The third-order valence-corrected chi connectivity index (χ3v) is 3.01. The standard InChI is InChI=1S/C15H15ClN2O/c1-19-15-9-5-3-7-13(15)11-18-17-10-12-6-2-4-8-14(12)16/h2-10,18H,11H2,1H3/b17-10-. The summed E-state index contributed by atoms with van der Waals surface area (Å²) in [6, 6.07) is 15.4. The van der Waals surface area contributed by atoms with E-state index in [1.54, 1.807) is 13.3 Å². The maximum Gasteiger partial charge on any atom is 0.123 e. The lowest BCUT2D eigenvalue weighted by atomic mass is 10.2. The first-order chi connectivity index (χ1) is 9.31. The second kappa shape index (κ2) is 6.81. The highest BCUT2D eigenvalue weighted by Gasteiger charge is 1.99. The number of para-hydroxylation sites is 1. The molecule has 0 spiro atoms. The molecule has 0 aliphatic carbocycles. The molecule has 0 aliphatic heterocycles. The monoisotopic (exact) mass is 274 g/mol. The summed E-state index contributed by atoms with van der Waals surface area (Å²) in [5, 5.41) is 4.84. The van der Waals surface area contributed by atoms with Crippen LogP contribution in [0.2, 0.25) is 5.02 Å². The molecule has 0 atom stereocenters. The highest BCUT2D eigenvalue weighted by Crippen LogP contribution is 2.16. The first-order valence-corrected chi connectivity index (χ1v) is 6.31. The van der Waals surface area contributed by atoms with Gasteiger partial charge >= 0.3 is 0 Å². The molecule has 4 heteroatoms. The largest absolute Gasteiger partial charge is 0.496 e. The topological polar surface area (TPSA) is 33.6 Å². The van der Waals surface area contributed by atoms with Gasteiger partial charge in [0.15, 0.2) is 0 Å². The van der Waals surface area contributed by atoms with Crippen LogP contribution in [0, 0.1) is 0 Å². The van der Waals surface area contributed by atoms with Crippen molar-refractivity contribution in [1.29, 1.82) is 0 Å². The third kappa shape index (κ3) is 3.73. The average Bonchev–Trinajstić information content (AvgIpc) is 2.45. The van der Waals surface area contributed by atoms with Gasteiger partial charge in [-0.05, 0) is 12.1 Å². The second-order valence-corrected chi connectivity index (χ2v) is 4.33. The minimum atomic E-state index is 0.602. The van der Waals surface area contributed by atoms with E-state index in [1.807, 2.05) is 48.5 Å². The molecule has 2 aromatic rings. The molecule has 19 heavy (non-hydrogen) atoms. The van der Waals surface area contributed by atoms with Gasteiger partial charge < -0.3 is 10.2 Å². The lowest BCUT2D eigenvalue weighted by Crippen LogP contribution is -2.06. The Hall–Kier alpha value is -2.00. The number of nitrogens with one attached hydrogen (secondary N) is 1. The van der Waals surface area contributed by atoms with Crippen molar-refractivity contribution in [3.8, 4) is 5.75 Å². The van der Waals surface area contributed by atoms with E-state index in [4.69, 9.17) is 16.3 Å². The maximum absolute atomic E-state index is 6.03. The molecule has 3 nitrogen and oxygen atoms in total. The van der Waals surface area contributed by atoms with E-state index in [0.29, 0.717) is 11.6 Å². The van der Waals surface area contributed by atoms with Crippen molar-refractivity contribution in [2.24, 2.45) is 5.10 Å². The van der Waals surface area contributed by atoms with Gasteiger partial charge in [-0.15, -0.1) is 0 Å². The number of rotatable bonds is 5. The van der Waals surface area contributed by atoms with Crippen LogP contribution in [0.4, 0.5) is 0 Å². The van der Waals surface area contributed by atoms with Crippen molar-refractivity contribution < 1.29 is 4.74 Å². The molecule has 2 aromatic carbocycles. The fraction of sp³-hybridized carbons (Fsp3) is 0.133. The summed E-state index contributed by atoms with van der Waals surface area (Å²) in [7, 11) is 1.66. The van der Waals surface area contributed by atoms with Gasteiger partial charge in [0.2, 0.25) is 0 Å². The summed E-state index contributed by atoms with van der Waals surface area (Å²) >= 11 is 6.03. The zero-order valence-corrected chi connectivity index (χ0v) is 11.4. The van der Waals surface area contributed by atoms with Crippen LogP contribution in [0.1, 0.15) is 11.1 Å². The Morgan fingerprint density at radius 2 is 1.89 bits per heavy atom. The van der Waals surface area contributed by atoms with E-state index in [2.05, 4.69) is 10.5 Å². The number of nitrogens with zero attached hydrogens (tertiary/aromatic N) is 1. The van der Waals surface area contributed by atoms with Gasteiger partial charge in [0.05, 0.1) is 19.9 Å². The smallest absolute Gasteiger partial charge is 0.123 e. The fourth-order valence-electron chi connectivity index (χ4n) is 1.67. The van der Waals surface area contributed by atoms with Gasteiger partial charge in [-0.2, -0.15) is 5.10 Å². The summed E-state index contributed by atoms with van der Waals surface area (Å²) in [5.74, 6) is 0.850. The van der Waals surface area contributed by atoms with Crippen molar-refractivity contribution in [2.75, 3.05) is 7.11 Å². The molecular weight excluding hydrogens is 260 g/mol. The number of halogens is 1. The number of ether oxygens (including phenoxy) is 1. The minimum Gasteiger partial charge on any atom is -0.496 e. The first kappa shape index (κ1) is 13.4. The maximum atomic E-state index is 6.03. The van der Waals surface area contributed by atoms with Gasteiger partial charge in [0.1, 0.15) is 5.75 Å². The molecule has 1 N–H and O–H groups in total. The van der Waals surface area contributed by atoms with E-state index in [-0.39, 0.29) is 0 Å². The fourth-order valence-corrected chi connectivity index (χ4v) is 1.86. The van der Waals surface area contributed by atoms with Crippen LogP contribution < -0.4 is 10.2 Å². The summed E-state index contributed by atoms with van der Waals surface area (Å²) in [4.78, 5) is 0. The van der Waals surface area contributed by atoms with E-state index < -0.39 is 0 Å². The van der Waals surface area contributed by atoms with Crippen molar-refractivity contribution in [3.05, 3.63) is 64.7 Å². The van der Waals surface area contributed by atoms with Crippen LogP contribution in [0.3, 0.4) is 0 Å². The summed E-state index contributed by atoms with van der Waals surface area (Å²) in [6.45, 7) is 0.602. The number of methoxy groups -OCH3 is 1. The first-order valence-electron chi connectivity index (χ1n) is 5.93. The van der Waals surface area contributed by atoms with Gasteiger partial charge in [0, 0.05) is 16.1 Å². The van der Waals surface area contributed by atoms with Crippen molar-refractivity contribution in [3.63, 3.8) is 0 Å². The summed E-state index contributed by atoms with van der Waals surface area (Å²) in [6.07, 6.45) is 1.71. The van der Waals surface area contributed by atoms with Crippen LogP contribution in [0.15, 0.2) is 53.6 Å². The second-order valence-electron chi connectivity index (χ2n) is 3.93. The Kier molecular flexibility index (Phi) is 4.81. The van der Waals surface area contributed by atoms with Gasteiger partial charge in [-0.25, -0.2) is 0 Å². The predicted molar refractivity (Wildman–Crippen MR) is 78.9 cm³/mol. The number of hydrogen-bond acceptors (Lipinski definition) is 3. The number of benzene rings is 2. The van der Waals surface area contributed by atoms with Gasteiger partial charge in [-0.1, -0.05) is 48.0 Å². The van der Waals surface area contributed by atoms with Gasteiger partial charge in [0.25, 0.3) is 0 Å². The van der Waals surface area contributed by atoms with Crippen molar-refractivity contribution in [2.45, 2.75) is 6.54 Å². The average molecular weight is 275 g/mol. The van der Waals surface area contributed by atoms with E-state index in [0.717, 1.165) is 16.9 Å². The quantitative estimate of drug-likeness (QED) is 0.669. The van der Waals surface area contributed by atoms with Crippen molar-refractivity contribution >= 4 is 17.8 Å². The lowest BCUT2D eigenvalue weighted by molar-refractivity contribution is 0.408. The molecule has 0 amide bonds. The molecule has 0 fully saturated rings. The molecule has 2 rings (SSSR count). The molecule has 0 saturated heterocycles. The SMILES string of the molecule is COc1ccccc1CN/N=C\c1ccccc1Cl. The number of hydrogen-bond donors (Lipinski definition) is 1. The highest BCUT2D eigenvalue weighted by atomic mass is 35.5.